The minimum atomic E-state index is -0.336. The molecule has 0 radical (unpaired) electrons. The molecule has 0 spiro atoms. The second kappa shape index (κ2) is 4.41. The zero-order valence-corrected chi connectivity index (χ0v) is 8.58. The summed E-state index contributed by atoms with van der Waals surface area (Å²) in [5, 5.41) is 0. The zero-order chi connectivity index (χ0) is 11.5. The number of nitrogens with two attached hydrogens (primary N) is 1. The summed E-state index contributed by atoms with van der Waals surface area (Å²) in [4.78, 5) is 0. The molecular formula is C13H11F2N. The maximum atomic E-state index is 13.9. The molecule has 0 bridgehead atoms. The van der Waals surface area contributed by atoms with Gasteiger partial charge in [0, 0.05) is 17.7 Å². The molecule has 3 heteroatoms. The average Bonchev–Trinajstić information content (AvgIpc) is 2.31. The molecule has 0 saturated carbocycles. The summed E-state index contributed by atoms with van der Waals surface area (Å²) < 4.78 is 26.6. The van der Waals surface area contributed by atoms with Crippen LogP contribution >= 0.6 is 0 Å². The number of hydrogen-bond donors (Lipinski definition) is 1. The molecule has 0 heterocycles. The van der Waals surface area contributed by atoms with Gasteiger partial charge in [-0.25, -0.2) is 8.78 Å². The monoisotopic (exact) mass is 219 g/mol. The van der Waals surface area contributed by atoms with Gasteiger partial charge in [0.15, 0.2) is 0 Å². The summed E-state index contributed by atoms with van der Waals surface area (Å²) in [6.07, 6.45) is 0. The first kappa shape index (κ1) is 10.8. The van der Waals surface area contributed by atoms with Gasteiger partial charge in [0.25, 0.3) is 0 Å². The van der Waals surface area contributed by atoms with Crippen LogP contribution in [0.4, 0.5) is 8.78 Å². The molecule has 0 aliphatic rings. The van der Waals surface area contributed by atoms with E-state index in [4.69, 9.17) is 5.73 Å². The van der Waals surface area contributed by atoms with Crippen LogP contribution in [-0.2, 0) is 6.54 Å². The summed E-state index contributed by atoms with van der Waals surface area (Å²) in [5.41, 5.74) is 6.98. The van der Waals surface area contributed by atoms with Gasteiger partial charge in [-0.15, -0.1) is 0 Å². The number of hydrogen-bond acceptors (Lipinski definition) is 1. The Hall–Kier alpha value is -1.74. The standard InChI is InChI=1S/C13H11F2N/c14-11-6-4-9(5-7-11)12-3-1-2-10(8-16)13(12)15/h1-7H,8,16H2. The summed E-state index contributed by atoms with van der Waals surface area (Å²) in [6.45, 7) is 0.154. The van der Waals surface area contributed by atoms with Crippen LogP contribution < -0.4 is 5.73 Å². The Kier molecular flexibility index (Phi) is 2.97. The van der Waals surface area contributed by atoms with Gasteiger partial charge in [-0.05, 0) is 17.7 Å². The van der Waals surface area contributed by atoms with Crippen LogP contribution in [-0.4, -0.2) is 0 Å². The van der Waals surface area contributed by atoms with E-state index in [0.29, 0.717) is 16.7 Å². The highest BCUT2D eigenvalue weighted by molar-refractivity contribution is 5.64. The van der Waals surface area contributed by atoms with Crippen molar-refractivity contribution in [3.63, 3.8) is 0 Å². The lowest BCUT2D eigenvalue weighted by atomic mass is 10.0. The van der Waals surface area contributed by atoms with Crippen molar-refractivity contribution in [3.05, 3.63) is 59.7 Å². The molecule has 1 nitrogen and oxygen atoms in total. The maximum Gasteiger partial charge on any atom is 0.135 e. The second-order valence-electron chi connectivity index (χ2n) is 3.49. The summed E-state index contributed by atoms with van der Waals surface area (Å²) in [5.74, 6) is -0.671. The minimum absolute atomic E-state index is 0.154. The Labute approximate surface area is 92.5 Å². The molecule has 0 aliphatic heterocycles. The molecule has 0 unspecified atom stereocenters. The fourth-order valence-electron chi connectivity index (χ4n) is 1.59. The highest BCUT2D eigenvalue weighted by atomic mass is 19.1. The quantitative estimate of drug-likeness (QED) is 0.825. The van der Waals surface area contributed by atoms with Crippen molar-refractivity contribution in [2.45, 2.75) is 6.54 Å². The number of halogens is 2. The van der Waals surface area contributed by atoms with E-state index in [1.54, 1.807) is 30.3 Å². The molecule has 2 aromatic rings. The normalized spacial score (nSPS) is 10.4. The first-order valence-electron chi connectivity index (χ1n) is 4.96. The van der Waals surface area contributed by atoms with Crippen LogP contribution in [0.25, 0.3) is 11.1 Å². The molecule has 2 N–H and O–H groups in total. The van der Waals surface area contributed by atoms with Crippen molar-refractivity contribution in [1.82, 2.24) is 0 Å². The summed E-state index contributed by atoms with van der Waals surface area (Å²) >= 11 is 0. The van der Waals surface area contributed by atoms with Crippen molar-refractivity contribution in [2.75, 3.05) is 0 Å². The third-order valence-electron chi connectivity index (χ3n) is 2.45. The van der Waals surface area contributed by atoms with Crippen molar-refractivity contribution < 1.29 is 8.78 Å². The third kappa shape index (κ3) is 1.95. The lowest BCUT2D eigenvalue weighted by molar-refractivity contribution is 0.613. The number of benzene rings is 2. The first-order chi connectivity index (χ1) is 7.72. The van der Waals surface area contributed by atoms with Crippen LogP contribution in [0.2, 0.25) is 0 Å². The maximum absolute atomic E-state index is 13.9. The van der Waals surface area contributed by atoms with Crippen LogP contribution in [0.1, 0.15) is 5.56 Å². The van der Waals surface area contributed by atoms with E-state index in [-0.39, 0.29) is 18.2 Å². The van der Waals surface area contributed by atoms with Crippen LogP contribution in [0.5, 0.6) is 0 Å². The molecule has 0 saturated heterocycles. The van der Waals surface area contributed by atoms with Gasteiger partial charge in [-0.1, -0.05) is 30.3 Å². The Morgan fingerprint density at radius 2 is 1.62 bits per heavy atom. The molecule has 0 atom stereocenters. The van der Waals surface area contributed by atoms with E-state index < -0.39 is 0 Å². The Morgan fingerprint density at radius 1 is 0.938 bits per heavy atom. The van der Waals surface area contributed by atoms with E-state index in [0.717, 1.165) is 0 Å². The van der Waals surface area contributed by atoms with Gasteiger partial charge < -0.3 is 5.73 Å². The van der Waals surface area contributed by atoms with Crippen molar-refractivity contribution in [1.29, 1.82) is 0 Å². The van der Waals surface area contributed by atoms with Gasteiger partial charge in [-0.3, -0.25) is 0 Å². The van der Waals surface area contributed by atoms with Crippen molar-refractivity contribution >= 4 is 0 Å². The largest absolute Gasteiger partial charge is 0.326 e. The van der Waals surface area contributed by atoms with Crippen molar-refractivity contribution in [2.24, 2.45) is 5.73 Å². The lowest BCUT2D eigenvalue weighted by Crippen LogP contribution is -2.00. The Balaban J connectivity index is 2.51. The predicted octanol–water partition coefficient (Wildman–Crippen LogP) is 3.09. The van der Waals surface area contributed by atoms with E-state index in [9.17, 15) is 8.78 Å². The zero-order valence-electron chi connectivity index (χ0n) is 8.58. The molecule has 16 heavy (non-hydrogen) atoms. The van der Waals surface area contributed by atoms with Gasteiger partial charge in [0.1, 0.15) is 11.6 Å². The highest BCUT2D eigenvalue weighted by Crippen LogP contribution is 2.24. The Morgan fingerprint density at radius 3 is 2.25 bits per heavy atom. The SMILES string of the molecule is NCc1cccc(-c2ccc(F)cc2)c1F. The fourth-order valence-corrected chi connectivity index (χ4v) is 1.59. The van der Waals surface area contributed by atoms with Gasteiger partial charge in [-0.2, -0.15) is 0 Å². The highest BCUT2D eigenvalue weighted by Gasteiger charge is 2.08. The minimum Gasteiger partial charge on any atom is -0.326 e. The first-order valence-corrected chi connectivity index (χ1v) is 4.96. The van der Waals surface area contributed by atoms with Gasteiger partial charge in [0.05, 0.1) is 0 Å². The molecular weight excluding hydrogens is 208 g/mol. The average molecular weight is 219 g/mol. The topological polar surface area (TPSA) is 26.0 Å². The van der Waals surface area contributed by atoms with Crippen molar-refractivity contribution in [3.8, 4) is 11.1 Å². The molecule has 0 fully saturated rings. The van der Waals surface area contributed by atoms with Crippen LogP contribution in [0, 0.1) is 11.6 Å². The molecule has 0 amide bonds. The second-order valence-corrected chi connectivity index (χ2v) is 3.49. The molecule has 82 valence electrons. The fraction of sp³-hybridized carbons (Fsp3) is 0.0769. The third-order valence-corrected chi connectivity index (χ3v) is 2.45. The predicted molar refractivity (Wildman–Crippen MR) is 59.7 cm³/mol. The molecule has 0 aromatic heterocycles. The van der Waals surface area contributed by atoms with E-state index in [1.165, 1.54) is 12.1 Å². The van der Waals surface area contributed by atoms with Crippen LogP contribution in [0.3, 0.4) is 0 Å². The van der Waals surface area contributed by atoms with E-state index in [1.807, 2.05) is 0 Å². The van der Waals surface area contributed by atoms with Gasteiger partial charge in [0.2, 0.25) is 0 Å². The molecule has 2 aromatic carbocycles. The number of rotatable bonds is 2. The van der Waals surface area contributed by atoms with E-state index in [2.05, 4.69) is 0 Å². The summed E-state index contributed by atoms with van der Waals surface area (Å²) in [7, 11) is 0. The summed E-state index contributed by atoms with van der Waals surface area (Å²) in [6, 6.07) is 10.8. The molecule has 2 rings (SSSR count). The smallest absolute Gasteiger partial charge is 0.135 e. The van der Waals surface area contributed by atoms with Crippen LogP contribution in [0.15, 0.2) is 42.5 Å². The molecule has 0 aliphatic carbocycles. The Bertz CT molecular complexity index is 492. The lowest BCUT2D eigenvalue weighted by Gasteiger charge is -2.06. The van der Waals surface area contributed by atoms with E-state index >= 15 is 0 Å². The van der Waals surface area contributed by atoms with Gasteiger partial charge >= 0.3 is 0 Å².